The summed E-state index contributed by atoms with van der Waals surface area (Å²) in [4.78, 5) is 4.49. The lowest BCUT2D eigenvalue weighted by Crippen LogP contribution is -1.99. The summed E-state index contributed by atoms with van der Waals surface area (Å²) in [7, 11) is 0. The van der Waals surface area contributed by atoms with Crippen LogP contribution in [0, 0.1) is 5.82 Å². The van der Waals surface area contributed by atoms with E-state index in [1.54, 1.807) is 12.3 Å². The van der Waals surface area contributed by atoms with Crippen molar-refractivity contribution < 1.29 is 9.50 Å². The normalized spacial score (nSPS) is 12.7. The molecule has 0 saturated heterocycles. The van der Waals surface area contributed by atoms with Crippen molar-refractivity contribution in [2.45, 2.75) is 6.10 Å². The largest absolute Gasteiger partial charge is 0.381 e. The van der Waals surface area contributed by atoms with E-state index in [0.29, 0.717) is 10.6 Å². The maximum Gasteiger partial charge on any atom is 0.141 e. The second kappa shape index (κ2) is 3.81. The smallest absolute Gasteiger partial charge is 0.141 e. The van der Waals surface area contributed by atoms with Gasteiger partial charge in [-0.05, 0) is 29.7 Å². The summed E-state index contributed by atoms with van der Waals surface area (Å²) in [5.41, 5.74) is 0.427. The third-order valence-electron chi connectivity index (χ3n) is 1.76. The van der Waals surface area contributed by atoms with E-state index in [-0.39, 0.29) is 0 Å². The fourth-order valence-corrected chi connectivity index (χ4v) is 1.65. The van der Waals surface area contributed by atoms with Crippen molar-refractivity contribution in [3.8, 4) is 0 Å². The first-order chi connectivity index (χ1) is 6.77. The Balaban J connectivity index is 2.28. The highest BCUT2D eigenvalue weighted by molar-refractivity contribution is 7.05. The number of aromatic nitrogens is 2. The molecule has 1 atom stereocenters. The molecule has 5 heteroatoms. The molecule has 2 aromatic heterocycles. The van der Waals surface area contributed by atoms with Crippen LogP contribution in [-0.4, -0.2) is 14.5 Å². The van der Waals surface area contributed by atoms with E-state index >= 15 is 0 Å². The van der Waals surface area contributed by atoms with E-state index in [4.69, 9.17) is 0 Å². The molecular formula is C9H7FN2OS. The lowest BCUT2D eigenvalue weighted by atomic mass is 10.2. The van der Waals surface area contributed by atoms with E-state index in [2.05, 4.69) is 9.36 Å². The van der Waals surface area contributed by atoms with Gasteiger partial charge in [-0.2, -0.15) is 0 Å². The molecule has 2 heterocycles. The number of rotatable bonds is 2. The highest BCUT2D eigenvalue weighted by atomic mass is 32.1. The Morgan fingerprint density at radius 1 is 1.36 bits per heavy atom. The van der Waals surface area contributed by atoms with Crippen LogP contribution in [0.2, 0.25) is 0 Å². The van der Waals surface area contributed by atoms with E-state index in [0.717, 1.165) is 6.20 Å². The predicted octanol–water partition coefficient (Wildman–Crippen LogP) is 1.76. The van der Waals surface area contributed by atoms with E-state index in [9.17, 15) is 9.50 Å². The monoisotopic (exact) mass is 210 g/mol. The minimum absolute atomic E-state index is 0.412. The number of nitrogens with zero attached hydrogens (tertiary/aromatic N) is 2. The number of hydrogen-bond donors (Lipinski definition) is 1. The topological polar surface area (TPSA) is 46.0 Å². The quantitative estimate of drug-likeness (QED) is 0.821. The fraction of sp³-hybridized carbons (Fsp3) is 0.111. The fourth-order valence-electron chi connectivity index (χ4n) is 1.06. The molecule has 2 rings (SSSR count). The zero-order chi connectivity index (χ0) is 9.97. The van der Waals surface area contributed by atoms with E-state index in [1.807, 2.05) is 0 Å². The highest BCUT2D eigenvalue weighted by Crippen LogP contribution is 2.22. The van der Waals surface area contributed by atoms with Gasteiger partial charge in [0, 0.05) is 6.20 Å². The van der Waals surface area contributed by atoms with Crippen LogP contribution in [0.4, 0.5) is 4.39 Å². The number of aliphatic hydroxyl groups excluding tert-OH is 1. The molecule has 0 bridgehead atoms. The Morgan fingerprint density at radius 2 is 2.21 bits per heavy atom. The minimum Gasteiger partial charge on any atom is -0.381 e. The molecule has 0 saturated carbocycles. The van der Waals surface area contributed by atoms with Gasteiger partial charge in [0.1, 0.15) is 11.9 Å². The molecule has 1 N–H and O–H groups in total. The van der Waals surface area contributed by atoms with Crippen LogP contribution in [0.15, 0.2) is 30.6 Å². The van der Waals surface area contributed by atoms with Crippen molar-refractivity contribution in [1.82, 2.24) is 9.36 Å². The van der Waals surface area contributed by atoms with Crippen molar-refractivity contribution in [3.05, 3.63) is 47.0 Å². The molecule has 2 aromatic rings. The maximum atomic E-state index is 12.5. The second-order valence-electron chi connectivity index (χ2n) is 2.72. The molecule has 1 unspecified atom stereocenters. The van der Waals surface area contributed by atoms with Gasteiger partial charge in [-0.15, -0.1) is 0 Å². The first-order valence-electron chi connectivity index (χ1n) is 3.97. The molecule has 14 heavy (non-hydrogen) atoms. The van der Waals surface area contributed by atoms with Gasteiger partial charge in [0.15, 0.2) is 0 Å². The third kappa shape index (κ3) is 1.78. The predicted molar refractivity (Wildman–Crippen MR) is 50.4 cm³/mol. The average Bonchev–Trinajstić information content (AvgIpc) is 2.71. The van der Waals surface area contributed by atoms with Crippen molar-refractivity contribution in [2.75, 3.05) is 0 Å². The molecule has 0 fully saturated rings. The lowest BCUT2D eigenvalue weighted by molar-refractivity contribution is 0.219. The standard InChI is InChI=1S/C9H7FN2OS/c10-6-1-2-7(11-5-6)9(13)8-3-4-12-14-8/h1-5,9,13H. The summed E-state index contributed by atoms with van der Waals surface area (Å²) < 4.78 is 16.4. The average molecular weight is 210 g/mol. The summed E-state index contributed by atoms with van der Waals surface area (Å²) in [5.74, 6) is -0.412. The Labute approximate surface area is 84.0 Å². The Bertz CT molecular complexity index is 401. The van der Waals surface area contributed by atoms with Gasteiger partial charge in [-0.3, -0.25) is 4.98 Å². The number of aliphatic hydroxyl groups is 1. The Morgan fingerprint density at radius 3 is 2.79 bits per heavy atom. The van der Waals surface area contributed by atoms with E-state index in [1.165, 1.54) is 23.7 Å². The van der Waals surface area contributed by atoms with Crippen molar-refractivity contribution >= 4 is 11.5 Å². The summed E-state index contributed by atoms with van der Waals surface area (Å²) >= 11 is 1.20. The van der Waals surface area contributed by atoms with Gasteiger partial charge >= 0.3 is 0 Å². The summed E-state index contributed by atoms with van der Waals surface area (Å²) in [6.45, 7) is 0. The number of halogens is 1. The van der Waals surface area contributed by atoms with Crippen LogP contribution >= 0.6 is 11.5 Å². The molecule has 3 nitrogen and oxygen atoms in total. The highest BCUT2D eigenvalue weighted by Gasteiger charge is 2.12. The summed E-state index contributed by atoms with van der Waals surface area (Å²) in [5, 5.41) is 9.76. The van der Waals surface area contributed by atoms with Crippen molar-refractivity contribution in [1.29, 1.82) is 0 Å². The molecule has 0 aliphatic rings. The van der Waals surface area contributed by atoms with Gasteiger partial charge in [0.25, 0.3) is 0 Å². The lowest BCUT2D eigenvalue weighted by Gasteiger charge is -2.05. The minimum atomic E-state index is -0.817. The molecule has 0 amide bonds. The number of hydrogen-bond acceptors (Lipinski definition) is 4. The van der Waals surface area contributed by atoms with Crippen LogP contribution in [0.3, 0.4) is 0 Å². The van der Waals surface area contributed by atoms with Crippen LogP contribution < -0.4 is 0 Å². The molecule has 0 radical (unpaired) electrons. The van der Waals surface area contributed by atoms with Gasteiger partial charge in [0.05, 0.1) is 16.8 Å². The second-order valence-corrected chi connectivity index (χ2v) is 3.58. The summed E-state index contributed by atoms with van der Waals surface area (Å²) in [6.07, 6.45) is 1.87. The van der Waals surface area contributed by atoms with Crippen LogP contribution in [-0.2, 0) is 0 Å². The Hall–Kier alpha value is -1.33. The summed E-state index contributed by atoms with van der Waals surface area (Å²) in [6, 6.07) is 4.44. The van der Waals surface area contributed by atoms with Crippen molar-refractivity contribution in [2.24, 2.45) is 0 Å². The molecule has 0 spiro atoms. The van der Waals surface area contributed by atoms with E-state index < -0.39 is 11.9 Å². The van der Waals surface area contributed by atoms with Gasteiger partial charge in [0.2, 0.25) is 0 Å². The SMILES string of the molecule is OC(c1ccc(F)cn1)c1ccns1. The van der Waals surface area contributed by atoms with Crippen LogP contribution in [0.25, 0.3) is 0 Å². The molecular weight excluding hydrogens is 203 g/mol. The maximum absolute atomic E-state index is 12.5. The van der Waals surface area contributed by atoms with Crippen molar-refractivity contribution in [3.63, 3.8) is 0 Å². The van der Waals surface area contributed by atoms with Gasteiger partial charge in [-0.1, -0.05) is 0 Å². The zero-order valence-corrected chi connectivity index (χ0v) is 7.91. The third-order valence-corrected chi connectivity index (χ3v) is 2.55. The van der Waals surface area contributed by atoms with Gasteiger partial charge < -0.3 is 5.11 Å². The molecule has 0 aromatic carbocycles. The molecule has 0 aliphatic carbocycles. The first kappa shape index (κ1) is 9.23. The first-order valence-corrected chi connectivity index (χ1v) is 4.75. The molecule has 72 valence electrons. The molecule has 0 aliphatic heterocycles. The number of pyridine rings is 1. The van der Waals surface area contributed by atoms with Crippen LogP contribution in [0.5, 0.6) is 0 Å². The van der Waals surface area contributed by atoms with Crippen LogP contribution in [0.1, 0.15) is 16.7 Å². The van der Waals surface area contributed by atoms with Gasteiger partial charge in [-0.25, -0.2) is 8.76 Å². The zero-order valence-electron chi connectivity index (χ0n) is 7.09. The Kier molecular flexibility index (Phi) is 2.51.